The third-order valence-corrected chi connectivity index (χ3v) is 16.9. The molecule has 1 aliphatic rings. The van der Waals surface area contributed by atoms with Crippen molar-refractivity contribution in [3.8, 4) is 50.2 Å². The summed E-state index contributed by atoms with van der Waals surface area (Å²) < 4.78 is 2.49. The van der Waals surface area contributed by atoms with E-state index in [1.165, 1.54) is 94.3 Å². The summed E-state index contributed by atoms with van der Waals surface area (Å²) >= 11 is 0. The molecule has 0 saturated carbocycles. The molecule has 1 atom stereocenters. The van der Waals surface area contributed by atoms with Crippen molar-refractivity contribution < 1.29 is 0 Å². The van der Waals surface area contributed by atoms with Gasteiger partial charge in [-0.25, -0.2) is 0 Å². The van der Waals surface area contributed by atoms with Crippen molar-refractivity contribution in [3.63, 3.8) is 0 Å². The SMILES string of the molecule is C=Cc1ccc(-c2ccc3c(c2)c2cc(-c4ccc(N(c5ccc(-c6ccccc6)cc5)c5ccc6c(c5)C(c5ccccc5)(c5ccc(C=C)cc5)c5ccccc5-6)cc4)ccc2n3-c2cc(C(C)(C)C)cc(C(C)(C)C)c2)cc1. The zero-order valence-electron chi connectivity index (χ0n) is 47.2. The van der Waals surface area contributed by atoms with Crippen LogP contribution in [0.1, 0.15) is 86.1 Å². The monoisotopic (exact) mass is 1040 g/mol. The summed E-state index contributed by atoms with van der Waals surface area (Å²) in [7, 11) is 0. The van der Waals surface area contributed by atoms with Crippen LogP contribution in [0.25, 0.3) is 84.2 Å². The Balaban J connectivity index is 0.971. The van der Waals surface area contributed by atoms with Gasteiger partial charge in [0.15, 0.2) is 0 Å². The number of nitrogens with zero attached hydrogens (tertiary/aromatic N) is 2. The second-order valence-electron chi connectivity index (χ2n) is 23.9. The van der Waals surface area contributed by atoms with Crippen LogP contribution in [0.3, 0.4) is 0 Å². The van der Waals surface area contributed by atoms with Gasteiger partial charge < -0.3 is 9.47 Å². The molecule has 0 spiro atoms. The Morgan fingerprint density at radius 2 is 0.778 bits per heavy atom. The van der Waals surface area contributed by atoms with Gasteiger partial charge in [-0.1, -0.05) is 249 Å². The molecule has 2 heteroatoms. The van der Waals surface area contributed by atoms with Gasteiger partial charge in [-0.15, -0.1) is 0 Å². The molecule has 81 heavy (non-hydrogen) atoms. The molecule has 12 aromatic rings. The summed E-state index contributed by atoms with van der Waals surface area (Å²) in [5.41, 5.74) is 25.6. The van der Waals surface area contributed by atoms with E-state index in [1.807, 2.05) is 12.2 Å². The highest BCUT2D eigenvalue weighted by atomic mass is 15.1. The van der Waals surface area contributed by atoms with Crippen LogP contribution in [0, 0.1) is 0 Å². The quantitative estimate of drug-likeness (QED) is 0.125. The molecule has 1 unspecified atom stereocenters. The highest BCUT2D eigenvalue weighted by Crippen LogP contribution is 2.57. The number of hydrogen-bond donors (Lipinski definition) is 0. The normalized spacial score (nSPS) is 14.0. The Bertz CT molecular complexity index is 4300. The third kappa shape index (κ3) is 8.93. The van der Waals surface area contributed by atoms with Crippen LogP contribution in [0.2, 0.25) is 0 Å². The molecule has 0 radical (unpaired) electrons. The van der Waals surface area contributed by atoms with E-state index in [4.69, 9.17) is 0 Å². The number of rotatable bonds is 11. The average molecular weight is 1040 g/mol. The topological polar surface area (TPSA) is 8.17 Å². The van der Waals surface area contributed by atoms with Crippen molar-refractivity contribution in [2.75, 3.05) is 4.90 Å². The van der Waals surface area contributed by atoms with E-state index in [2.05, 4.69) is 319 Å². The van der Waals surface area contributed by atoms with Crippen LogP contribution in [-0.2, 0) is 16.2 Å². The summed E-state index contributed by atoms with van der Waals surface area (Å²) in [5.74, 6) is 0. The number of hydrogen-bond acceptors (Lipinski definition) is 1. The molecule has 1 aromatic heterocycles. The summed E-state index contributed by atoms with van der Waals surface area (Å²) in [6, 6.07) is 95.0. The maximum atomic E-state index is 4.10. The van der Waals surface area contributed by atoms with Gasteiger partial charge in [-0.2, -0.15) is 0 Å². The molecule has 1 heterocycles. The van der Waals surface area contributed by atoms with Gasteiger partial charge in [-0.3, -0.25) is 0 Å². The smallest absolute Gasteiger partial charge is 0.0714 e. The highest BCUT2D eigenvalue weighted by Gasteiger charge is 2.46. The van der Waals surface area contributed by atoms with Gasteiger partial charge in [-0.05, 0) is 173 Å². The first kappa shape index (κ1) is 51.0. The van der Waals surface area contributed by atoms with Crippen molar-refractivity contribution in [1.29, 1.82) is 0 Å². The Morgan fingerprint density at radius 3 is 1.31 bits per heavy atom. The van der Waals surface area contributed by atoms with Crippen LogP contribution in [-0.4, -0.2) is 4.57 Å². The molecular weight excluding hydrogens is 977 g/mol. The van der Waals surface area contributed by atoms with Crippen LogP contribution in [0.5, 0.6) is 0 Å². The standard InChI is InChI=1S/C79H66N2/c1-9-53-25-29-57(30-26-53)59-35-45-75-71(47-59)72-48-60(36-46-76(72)81(75)68-50-63(77(3,4)5)49-64(51-68)78(6,7)8)58-33-41-66(42-34-58)80(65-39-31-56(32-40-65)55-19-13-11-14-20-55)67-43-44-70-69-23-17-18-24-73(69)79(74(70)52-67,61-21-15-12-16-22-61)62-37-27-54(10-2)28-38-62/h9-52H,1-2H2,3-8H3. The Hall–Kier alpha value is -9.50. The van der Waals surface area contributed by atoms with E-state index >= 15 is 0 Å². The van der Waals surface area contributed by atoms with Gasteiger partial charge in [0.1, 0.15) is 0 Å². The first-order valence-electron chi connectivity index (χ1n) is 28.4. The van der Waals surface area contributed by atoms with Gasteiger partial charge in [0.2, 0.25) is 0 Å². The summed E-state index contributed by atoms with van der Waals surface area (Å²) in [6.45, 7) is 22.0. The largest absolute Gasteiger partial charge is 0.310 e. The zero-order chi connectivity index (χ0) is 55.6. The fourth-order valence-electron chi connectivity index (χ4n) is 12.5. The fraction of sp³-hybridized carbons (Fsp3) is 0.114. The van der Waals surface area contributed by atoms with E-state index in [0.29, 0.717) is 0 Å². The van der Waals surface area contributed by atoms with Gasteiger partial charge in [0.05, 0.1) is 16.4 Å². The first-order chi connectivity index (χ1) is 39.3. The number of fused-ring (bicyclic) bond motifs is 6. The van der Waals surface area contributed by atoms with E-state index in [1.54, 1.807) is 0 Å². The maximum Gasteiger partial charge on any atom is 0.0714 e. The molecule has 0 aliphatic heterocycles. The van der Waals surface area contributed by atoms with Crippen LogP contribution < -0.4 is 4.90 Å². The zero-order valence-corrected chi connectivity index (χ0v) is 47.2. The number of anilines is 3. The number of aromatic nitrogens is 1. The molecule has 11 aromatic carbocycles. The Morgan fingerprint density at radius 1 is 0.358 bits per heavy atom. The summed E-state index contributed by atoms with van der Waals surface area (Å²) in [4.78, 5) is 2.43. The van der Waals surface area contributed by atoms with E-state index in [9.17, 15) is 0 Å². The van der Waals surface area contributed by atoms with Crippen LogP contribution in [0.4, 0.5) is 17.1 Å². The van der Waals surface area contributed by atoms with E-state index in [0.717, 1.165) is 39.3 Å². The molecule has 0 fully saturated rings. The molecule has 1 aliphatic carbocycles. The van der Waals surface area contributed by atoms with Crippen molar-refractivity contribution >= 4 is 51.0 Å². The highest BCUT2D eigenvalue weighted by molar-refractivity contribution is 6.12. The maximum absolute atomic E-state index is 4.10. The van der Waals surface area contributed by atoms with Crippen molar-refractivity contribution in [2.45, 2.75) is 57.8 Å². The molecule has 13 rings (SSSR count). The van der Waals surface area contributed by atoms with Crippen molar-refractivity contribution in [2.24, 2.45) is 0 Å². The summed E-state index contributed by atoms with van der Waals surface area (Å²) in [5, 5.41) is 2.44. The summed E-state index contributed by atoms with van der Waals surface area (Å²) in [6.07, 6.45) is 3.83. The lowest BCUT2D eigenvalue weighted by molar-refractivity contribution is 0.568. The lowest BCUT2D eigenvalue weighted by Crippen LogP contribution is -2.28. The first-order valence-corrected chi connectivity index (χ1v) is 28.4. The molecule has 392 valence electrons. The van der Waals surface area contributed by atoms with Gasteiger partial charge >= 0.3 is 0 Å². The van der Waals surface area contributed by atoms with Gasteiger partial charge in [0.25, 0.3) is 0 Å². The van der Waals surface area contributed by atoms with Crippen molar-refractivity contribution in [3.05, 3.63) is 312 Å². The minimum Gasteiger partial charge on any atom is -0.310 e. The lowest BCUT2D eigenvalue weighted by Gasteiger charge is -2.35. The second-order valence-corrected chi connectivity index (χ2v) is 23.9. The predicted octanol–water partition coefficient (Wildman–Crippen LogP) is 21.5. The third-order valence-electron chi connectivity index (χ3n) is 16.9. The van der Waals surface area contributed by atoms with E-state index in [-0.39, 0.29) is 10.8 Å². The van der Waals surface area contributed by atoms with Gasteiger partial charge in [0, 0.05) is 33.5 Å². The molecule has 0 N–H and O–H groups in total. The molecule has 2 nitrogen and oxygen atoms in total. The Kier molecular flexibility index (Phi) is 12.6. The molecule has 0 bridgehead atoms. The van der Waals surface area contributed by atoms with Crippen LogP contribution >= 0.6 is 0 Å². The van der Waals surface area contributed by atoms with Crippen LogP contribution in [0.15, 0.2) is 268 Å². The lowest BCUT2D eigenvalue weighted by atomic mass is 9.67. The second kappa shape index (κ2) is 20.0. The fourth-order valence-corrected chi connectivity index (χ4v) is 12.5. The predicted molar refractivity (Wildman–Crippen MR) is 347 cm³/mol. The number of benzene rings is 11. The molecule has 0 amide bonds. The van der Waals surface area contributed by atoms with Crippen molar-refractivity contribution in [1.82, 2.24) is 4.57 Å². The molecular formula is C79H66N2. The average Bonchev–Trinajstić information content (AvgIpc) is 2.97. The van der Waals surface area contributed by atoms with E-state index < -0.39 is 5.41 Å². The molecule has 0 saturated heterocycles. The minimum absolute atomic E-state index is 0.0302. The Labute approximate surface area is 478 Å². The minimum atomic E-state index is -0.571.